The molecule has 1 N–H and O–H groups in total. The number of esters is 1. The zero-order valence-corrected chi connectivity index (χ0v) is 5.37. The summed E-state index contributed by atoms with van der Waals surface area (Å²) in [6.07, 6.45) is 0.821. The molecule has 0 spiro atoms. The van der Waals surface area contributed by atoms with E-state index in [1.165, 1.54) is 0 Å². The van der Waals surface area contributed by atoms with E-state index in [0.717, 1.165) is 6.08 Å². The monoisotopic (exact) mass is 186 g/mol. The fourth-order valence-corrected chi connectivity index (χ4v) is 0.298. The third-order valence-corrected chi connectivity index (χ3v) is 0.727. The van der Waals surface area contributed by atoms with Gasteiger partial charge in [0, 0.05) is 6.08 Å². The van der Waals surface area contributed by atoms with Crippen LogP contribution in [-0.2, 0) is 14.3 Å². The van der Waals surface area contributed by atoms with E-state index in [-0.39, 0.29) is 50.8 Å². The Morgan fingerprint density at radius 1 is 1.55 bits per heavy atom. The summed E-state index contributed by atoms with van der Waals surface area (Å²) in [6, 6.07) is 0. The van der Waals surface area contributed by atoms with E-state index in [1.54, 1.807) is 0 Å². The molecule has 11 heavy (non-hydrogen) atoms. The molecule has 0 fully saturated rings. The molecule has 0 aromatic carbocycles. The van der Waals surface area contributed by atoms with Crippen LogP contribution in [0, 0.1) is 0 Å². The van der Waals surface area contributed by atoms with Gasteiger partial charge in [0.2, 0.25) is 0 Å². The van der Waals surface area contributed by atoms with Crippen LogP contribution in [0.3, 0.4) is 0 Å². The van der Waals surface area contributed by atoms with Crippen molar-refractivity contribution in [3.63, 3.8) is 0 Å². The molecule has 0 bridgehead atoms. The Kier molecular flexibility index (Phi) is 9.89. The van der Waals surface area contributed by atoms with Gasteiger partial charge in [0.1, 0.15) is 6.61 Å². The van der Waals surface area contributed by atoms with Gasteiger partial charge in [-0.2, -0.15) is 0 Å². The first kappa shape index (κ1) is 13.5. The van der Waals surface area contributed by atoms with Crippen molar-refractivity contribution in [1.82, 2.24) is 0 Å². The first-order valence-corrected chi connectivity index (χ1v) is 2.68. The second-order valence-corrected chi connectivity index (χ2v) is 1.52. The summed E-state index contributed by atoms with van der Waals surface area (Å²) in [4.78, 5) is 20.1. The van der Waals surface area contributed by atoms with Crippen LogP contribution in [0.25, 0.3) is 0 Å². The van der Waals surface area contributed by atoms with Crippen LogP contribution in [0.5, 0.6) is 0 Å². The standard InChI is InChI=1S/C6H8O4.Ca.2H/c1-2-6(9)10-4-3-5(7)8;;;/h2H,1,3-4H2,(H,7,8);;;. The van der Waals surface area contributed by atoms with E-state index in [2.05, 4.69) is 11.3 Å². The van der Waals surface area contributed by atoms with Crippen molar-refractivity contribution in [1.29, 1.82) is 0 Å². The van der Waals surface area contributed by atoms with Gasteiger partial charge in [0.15, 0.2) is 0 Å². The summed E-state index contributed by atoms with van der Waals surface area (Å²) < 4.78 is 4.36. The number of ether oxygens (including phenoxy) is 1. The molecular weight excluding hydrogens is 176 g/mol. The molecule has 0 rings (SSSR count). The molecule has 0 radical (unpaired) electrons. The van der Waals surface area contributed by atoms with Gasteiger partial charge in [-0.15, -0.1) is 0 Å². The SMILES string of the molecule is C=CC(=O)OCCC(=O)O.[CaH2]. The summed E-state index contributed by atoms with van der Waals surface area (Å²) in [7, 11) is 0. The molecule has 0 aliphatic rings. The Balaban J connectivity index is 0. The first-order valence-electron chi connectivity index (χ1n) is 2.68. The van der Waals surface area contributed by atoms with Crippen molar-refractivity contribution in [2.75, 3.05) is 6.61 Å². The van der Waals surface area contributed by atoms with Crippen LogP contribution in [0.4, 0.5) is 0 Å². The molecule has 0 aliphatic heterocycles. The van der Waals surface area contributed by atoms with E-state index < -0.39 is 11.9 Å². The second kappa shape index (κ2) is 8.04. The van der Waals surface area contributed by atoms with Gasteiger partial charge in [0.25, 0.3) is 0 Å². The van der Waals surface area contributed by atoms with Gasteiger partial charge in [-0.25, -0.2) is 4.79 Å². The van der Waals surface area contributed by atoms with Crippen molar-refractivity contribution in [3.05, 3.63) is 12.7 Å². The zero-order chi connectivity index (χ0) is 7.98. The third kappa shape index (κ3) is 9.94. The normalized spacial score (nSPS) is 7.64. The minimum atomic E-state index is -0.989. The van der Waals surface area contributed by atoms with Gasteiger partial charge in [-0.3, -0.25) is 4.79 Å². The van der Waals surface area contributed by atoms with Crippen LogP contribution >= 0.6 is 0 Å². The van der Waals surface area contributed by atoms with Crippen molar-refractivity contribution < 1.29 is 19.4 Å². The Morgan fingerprint density at radius 3 is 2.45 bits per heavy atom. The molecule has 0 saturated heterocycles. The fourth-order valence-electron chi connectivity index (χ4n) is 0.298. The summed E-state index contributed by atoms with van der Waals surface area (Å²) in [5.74, 6) is -1.59. The van der Waals surface area contributed by atoms with E-state index in [1.807, 2.05) is 0 Å². The second-order valence-electron chi connectivity index (χ2n) is 1.52. The van der Waals surface area contributed by atoms with Crippen molar-refractivity contribution in [2.24, 2.45) is 0 Å². The van der Waals surface area contributed by atoms with Crippen LogP contribution in [0.2, 0.25) is 0 Å². The molecule has 0 amide bonds. The molecule has 60 valence electrons. The van der Waals surface area contributed by atoms with Crippen molar-refractivity contribution in [3.8, 4) is 0 Å². The predicted molar refractivity (Wildman–Crippen MR) is 42.0 cm³/mol. The maximum atomic E-state index is 10.3. The third-order valence-electron chi connectivity index (χ3n) is 0.727. The zero-order valence-electron chi connectivity index (χ0n) is 5.37. The predicted octanol–water partition coefficient (Wildman–Crippen LogP) is -0.726. The van der Waals surface area contributed by atoms with Crippen LogP contribution in [-0.4, -0.2) is 61.4 Å². The van der Waals surface area contributed by atoms with Crippen LogP contribution < -0.4 is 0 Å². The number of aliphatic carboxylic acids is 1. The Hall–Kier alpha value is -0.0603. The molecular formula is C6H10CaO4. The molecule has 0 aliphatic carbocycles. The summed E-state index contributed by atoms with van der Waals surface area (Å²) in [6.45, 7) is 3.04. The minimum absolute atomic E-state index is 0. The van der Waals surface area contributed by atoms with Crippen molar-refractivity contribution in [2.45, 2.75) is 6.42 Å². The maximum absolute atomic E-state index is 10.3. The Morgan fingerprint density at radius 2 is 2.09 bits per heavy atom. The van der Waals surface area contributed by atoms with Gasteiger partial charge < -0.3 is 9.84 Å². The number of rotatable bonds is 4. The number of hydrogen-bond donors (Lipinski definition) is 1. The Labute approximate surface area is 94.2 Å². The number of carboxylic acids is 1. The molecule has 0 atom stereocenters. The topological polar surface area (TPSA) is 63.6 Å². The van der Waals surface area contributed by atoms with Crippen LogP contribution in [0.15, 0.2) is 12.7 Å². The van der Waals surface area contributed by atoms with Gasteiger partial charge in [0.05, 0.1) is 6.42 Å². The molecule has 0 unspecified atom stereocenters. The molecule has 0 aromatic rings. The number of carbonyl (C=O) groups is 2. The van der Waals surface area contributed by atoms with Gasteiger partial charge in [-0.05, 0) is 0 Å². The van der Waals surface area contributed by atoms with Crippen LogP contribution in [0.1, 0.15) is 6.42 Å². The molecule has 0 heterocycles. The molecule has 5 heteroatoms. The Bertz CT molecular complexity index is 155. The van der Waals surface area contributed by atoms with E-state index in [9.17, 15) is 9.59 Å². The molecule has 0 aromatic heterocycles. The van der Waals surface area contributed by atoms with E-state index in [0.29, 0.717) is 0 Å². The van der Waals surface area contributed by atoms with Crippen molar-refractivity contribution >= 4 is 49.7 Å². The van der Waals surface area contributed by atoms with Gasteiger partial charge >= 0.3 is 49.7 Å². The quantitative estimate of drug-likeness (QED) is 0.357. The van der Waals surface area contributed by atoms with E-state index in [4.69, 9.17) is 5.11 Å². The first-order chi connectivity index (χ1) is 4.66. The summed E-state index contributed by atoms with van der Waals surface area (Å²) >= 11 is 0. The average Bonchev–Trinajstić information content (AvgIpc) is 1.87. The van der Waals surface area contributed by atoms with Gasteiger partial charge in [-0.1, -0.05) is 6.58 Å². The fraction of sp³-hybridized carbons (Fsp3) is 0.333. The average molecular weight is 186 g/mol. The number of hydrogen-bond acceptors (Lipinski definition) is 3. The van der Waals surface area contributed by atoms with E-state index >= 15 is 0 Å². The number of carboxylic acid groups (broad SMARTS) is 1. The molecule has 0 saturated carbocycles. The molecule has 4 nitrogen and oxygen atoms in total. The summed E-state index contributed by atoms with van der Waals surface area (Å²) in [5.41, 5.74) is 0. The number of carbonyl (C=O) groups excluding carboxylic acids is 1. The summed E-state index contributed by atoms with van der Waals surface area (Å²) in [5, 5.41) is 8.08.